The monoisotopic (exact) mass is 292 g/mol. The van der Waals surface area contributed by atoms with Crippen molar-refractivity contribution in [1.29, 1.82) is 0 Å². The van der Waals surface area contributed by atoms with Gasteiger partial charge in [-0.2, -0.15) is 5.10 Å². The fourth-order valence-corrected chi connectivity index (χ4v) is 3.17. The summed E-state index contributed by atoms with van der Waals surface area (Å²) >= 11 is 0. The van der Waals surface area contributed by atoms with Gasteiger partial charge in [0.05, 0.1) is 25.8 Å². The molecule has 1 fully saturated rings. The van der Waals surface area contributed by atoms with E-state index in [1.54, 1.807) is 6.92 Å². The standard InChI is InChI=1S/C16H24N2O3/c1-11-15(10-18(17-11)9-8-16(20)21-3)14-6-4-13(5-7-14)12(2)19/h10,13-14H,4-9H2,1-3H3. The maximum atomic E-state index is 11.4. The number of aromatic nitrogens is 2. The number of Topliss-reactive ketones (excluding diaryl/α,β-unsaturated/α-hetero) is 1. The fraction of sp³-hybridized carbons (Fsp3) is 0.688. The molecule has 1 heterocycles. The molecule has 0 atom stereocenters. The van der Waals surface area contributed by atoms with Crippen molar-refractivity contribution in [1.82, 2.24) is 9.78 Å². The number of hydrogen-bond acceptors (Lipinski definition) is 4. The molecular formula is C16H24N2O3. The molecule has 0 saturated heterocycles. The molecule has 0 aromatic carbocycles. The number of rotatable bonds is 5. The van der Waals surface area contributed by atoms with Crippen molar-refractivity contribution < 1.29 is 14.3 Å². The summed E-state index contributed by atoms with van der Waals surface area (Å²) in [4.78, 5) is 22.6. The number of carbonyl (C=O) groups excluding carboxylic acids is 2. The van der Waals surface area contributed by atoms with Gasteiger partial charge in [0.15, 0.2) is 0 Å². The lowest BCUT2D eigenvalue weighted by atomic mass is 9.77. The highest BCUT2D eigenvalue weighted by Crippen LogP contribution is 2.37. The van der Waals surface area contributed by atoms with Gasteiger partial charge >= 0.3 is 5.97 Å². The molecule has 0 aliphatic heterocycles. The molecule has 0 amide bonds. The van der Waals surface area contributed by atoms with E-state index in [4.69, 9.17) is 0 Å². The third-order valence-electron chi connectivity index (χ3n) is 4.50. The molecule has 0 unspecified atom stereocenters. The first-order valence-electron chi connectivity index (χ1n) is 7.62. The molecule has 0 N–H and O–H groups in total. The Morgan fingerprint density at radius 1 is 1.33 bits per heavy atom. The van der Waals surface area contributed by atoms with Crippen LogP contribution in [0.1, 0.15) is 56.2 Å². The molecule has 116 valence electrons. The van der Waals surface area contributed by atoms with Gasteiger partial charge in [-0.3, -0.25) is 14.3 Å². The Labute approximate surface area is 125 Å². The fourth-order valence-electron chi connectivity index (χ4n) is 3.17. The molecule has 0 bridgehead atoms. The second kappa shape index (κ2) is 6.87. The topological polar surface area (TPSA) is 61.2 Å². The second-order valence-electron chi connectivity index (χ2n) is 5.92. The van der Waals surface area contributed by atoms with E-state index in [1.165, 1.54) is 12.7 Å². The van der Waals surface area contributed by atoms with Crippen molar-refractivity contribution in [2.24, 2.45) is 5.92 Å². The van der Waals surface area contributed by atoms with Crippen molar-refractivity contribution in [3.63, 3.8) is 0 Å². The Bertz CT molecular complexity index is 514. The van der Waals surface area contributed by atoms with Crippen LogP contribution in [0.5, 0.6) is 0 Å². The van der Waals surface area contributed by atoms with Crippen LogP contribution in [0.4, 0.5) is 0 Å². The zero-order valence-corrected chi connectivity index (χ0v) is 13.1. The van der Waals surface area contributed by atoms with Crippen LogP contribution in [0, 0.1) is 12.8 Å². The highest BCUT2D eigenvalue weighted by Gasteiger charge is 2.26. The summed E-state index contributed by atoms with van der Waals surface area (Å²) in [5.41, 5.74) is 2.30. The van der Waals surface area contributed by atoms with Crippen LogP contribution in [-0.4, -0.2) is 28.6 Å². The zero-order chi connectivity index (χ0) is 15.4. The van der Waals surface area contributed by atoms with E-state index in [0.29, 0.717) is 24.7 Å². The van der Waals surface area contributed by atoms with Crippen LogP contribution in [0.3, 0.4) is 0 Å². The van der Waals surface area contributed by atoms with Gasteiger partial charge in [0, 0.05) is 12.1 Å². The minimum absolute atomic E-state index is 0.216. The van der Waals surface area contributed by atoms with Gasteiger partial charge < -0.3 is 4.74 Å². The third-order valence-corrected chi connectivity index (χ3v) is 4.50. The van der Waals surface area contributed by atoms with Crippen LogP contribution in [-0.2, 0) is 20.9 Å². The molecule has 1 aliphatic carbocycles. The lowest BCUT2D eigenvalue weighted by Gasteiger charge is -2.26. The van der Waals surface area contributed by atoms with Crippen LogP contribution in [0.15, 0.2) is 6.20 Å². The summed E-state index contributed by atoms with van der Waals surface area (Å²) in [6, 6.07) is 0. The molecule has 2 rings (SSSR count). The van der Waals surface area contributed by atoms with E-state index < -0.39 is 0 Å². The van der Waals surface area contributed by atoms with Crippen molar-refractivity contribution in [2.45, 2.75) is 58.4 Å². The molecule has 5 heteroatoms. The maximum absolute atomic E-state index is 11.4. The lowest BCUT2D eigenvalue weighted by molar-refractivity contribution is -0.140. The summed E-state index contributed by atoms with van der Waals surface area (Å²) in [5, 5.41) is 4.49. The first-order valence-corrected chi connectivity index (χ1v) is 7.62. The quantitative estimate of drug-likeness (QED) is 0.783. The Hall–Kier alpha value is -1.65. The van der Waals surface area contributed by atoms with Crippen LogP contribution in [0.25, 0.3) is 0 Å². The Morgan fingerprint density at radius 3 is 2.57 bits per heavy atom. The SMILES string of the molecule is COC(=O)CCn1cc(C2CCC(C(C)=O)CC2)c(C)n1. The largest absolute Gasteiger partial charge is 0.469 e. The number of esters is 1. The summed E-state index contributed by atoms with van der Waals surface area (Å²) in [6.07, 6.45) is 6.45. The number of ketones is 1. The van der Waals surface area contributed by atoms with Gasteiger partial charge in [0.2, 0.25) is 0 Å². The van der Waals surface area contributed by atoms with Gasteiger partial charge in [-0.25, -0.2) is 0 Å². The predicted octanol–water partition coefficient (Wildman–Crippen LogP) is 2.62. The molecule has 0 spiro atoms. The molecule has 1 aromatic heterocycles. The average Bonchev–Trinajstić information content (AvgIpc) is 2.86. The van der Waals surface area contributed by atoms with E-state index >= 15 is 0 Å². The van der Waals surface area contributed by atoms with Gasteiger partial charge in [-0.1, -0.05) is 0 Å². The zero-order valence-electron chi connectivity index (χ0n) is 13.1. The molecule has 0 radical (unpaired) electrons. The van der Waals surface area contributed by atoms with Crippen molar-refractivity contribution >= 4 is 11.8 Å². The van der Waals surface area contributed by atoms with E-state index in [2.05, 4.69) is 16.0 Å². The molecule has 1 saturated carbocycles. The van der Waals surface area contributed by atoms with Crippen molar-refractivity contribution in [2.75, 3.05) is 7.11 Å². The second-order valence-corrected chi connectivity index (χ2v) is 5.92. The normalized spacial score (nSPS) is 22.0. The number of carbonyl (C=O) groups is 2. The number of hydrogen-bond donors (Lipinski definition) is 0. The molecule has 5 nitrogen and oxygen atoms in total. The van der Waals surface area contributed by atoms with Crippen LogP contribution in [0.2, 0.25) is 0 Å². The van der Waals surface area contributed by atoms with E-state index in [0.717, 1.165) is 31.4 Å². The number of methoxy groups -OCH3 is 1. The van der Waals surface area contributed by atoms with E-state index in [-0.39, 0.29) is 11.9 Å². The van der Waals surface area contributed by atoms with E-state index in [9.17, 15) is 9.59 Å². The summed E-state index contributed by atoms with van der Waals surface area (Å²) in [7, 11) is 1.40. The third kappa shape index (κ3) is 3.93. The van der Waals surface area contributed by atoms with Crippen molar-refractivity contribution in [3.05, 3.63) is 17.5 Å². The molecule has 1 aromatic rings. The van der Waals surface area contributed by atoms with Crippen molar-refractivity contribution in [3.8, 4) is 0 Å². The highest BCUT2D eigenvalue weighted by atomic mass is 16.5. The van der Waals surface area contributed by atoms with Gasteiger partial charge in [0.1, 0.15) is 5.78 Å². The Kier molecular flexibility index (Phi) is 5.15. The summed E-state index contributed by atoms with van der Waals surface area (Å²) in [6.45, 7) is 4.26. The smallest absolute Gasteiger partial charge is 0.307 e. The first kappa shape index (κ1) is 15.7. The highest BCUT2D eigenvalue weighted by molar-refractivity contribution is 5.78. The van der Waals surface area contributed by atoms with Gasteiger partial charge in [-0.15, -0.1) is 0 Å². The van der Waals surface area contributed by atoms with Crippen LogP contribution >= 0.6 is 0 Å². The van der Waals surface area contributed by atoms with E-state index in [1.807, 2.05) is 11.6 Å². The Balaban J connectivity index is 1.96. The minimum atomic E-state index is -0.216. The maximum Gasteiger partial charge on any atom is 0.307 e. The number of ether oxygens (including phenoxy) is 1. The lowest BCUT2D eigenvalue weighted by Crippen LogP contribution is -2.19. The van der Waals surface area contributed by atoms with Gasteiger partial charge in [-0.05, 0) is 51.0 Å². The molecule has 21 heavy (non-hydrogen) atoms. The minimum Gasteiger partial charge on any atom is -0.469 e. The Morgan fingerprint density at radius 2 is 2.00 bits per heavy atom. The molecular weight excluding hydrogens is 268 g/mol. The predicted molar refractivity (Wildman–Crippen MR) is 79.0 cm³/mol. The van der Waals surface area contributed by atoms with Gasteiger partial charge in [0.25, 0.3) is 0 Å². The first-order chi connectivity index (χ1) is 10.0. The van der Waals surface area contributed by atoms with Crippen LogP contribution < -0.4 is 0 Å². The summed E-state index contributed by atoms with van der Waals surface area (Å²) < 4.78 is 6.48. The number of aryl methyl sites for hydroxylation is 2. The average molecular weight is 292 g/mol. The summed E-state index contributed by atoms with van der Waals surface area (Å²) in [5.74, 6) is 0.842. The number of nitrogens with zero attached hydrogens (tertiary/aromatic N) is 2. The molecule has 1 aliphatic rings.